The minimum absolute atomic E-state index is 0.0536. The van der Waals surface area contributed by atoms with Gasteiger partial charge in [-0.25, -0.2) is 0 Å². The zero-order valence-corrected chi connectivity index (χ0v) is 19.5. The maximum Gasteiger partial charge on any atom is 0.0543 e. The predicted molar refractivity (Wildman–Crippen MR) is 120 cm³/mol. The van der Waals surface area contributed by atoms with E-state index >= 15 is 0 Å². The molecule has 3 fully saturated rings. The van der Waals surface area contributed by atoms with Crippen LogP contribution >= 0.6 is 0 Å². The Bertz CT molecular complexity index is 612. The summed E-state index contributed by atoms with van der Waals surface area (Å²) in [4.78, 5) is 0. The number of aliphatic hydroxyl groups excluding tert-OH is 2. The van der Waals surface area contributed by atoms with Crippen molar-refractivity contribution in [2.45, 2.75) is 104 Å². The molecule has 0 heterocycles. The molecule has 0 spiro atoms. The highest BCUT2D eigenvalue weighted by Gasteiger charge is 2.58. The van der Waals surface area contributed by atoms with Gasteiger partial charge in [-0.05, 0) is 104 Å². The zero-order valence-electron chi connectivity index (χ0n) is 19.5. The van der Waals surface area contributed by atoms with Crippen molar-refractivity contribution < 1.29 is 10.2 Å². The van der Waals surface area contributed by atoms with Crippen LogP contribution in [0.4, 0.5) is 0 Å². The van der Waals surface area contributed by atoms with Gasteiger partial charge in [0.25, 0.3) is 0 Å². The summed E-state index contributed by atoms with van der Waals surface area (Å²) < 4.78 is 0. The second kappa shape index (κ2) is 8.30. The van der Waals surface area contributed by atoms with Crippen LogP contribution in [0.5, 0.6) is 0 Å². The molecule has 0 aliphatic heterocycles. The first-order chi connectivity index (χ1) is 13.8. The fraction of sp³-hybridized carbons (Fsp3) is 0.926. The van der Waals surface area contributed by atoms with Crippen LogP contribution in [0.2, 0.25) is 0 Å². The van der Waals surface area contributed by atoms with Gasteiger partial charge in [0.2, 0.25) is 0 Å². The third-order valence-electron chi connectivity index (χ3n) is 10.5. The Morgan fingerprint density at radius 2 is 1.72 bits per heavy atom. The number of hydrogen-bond acceptors (Lipinski definition) is 2. The predicted octanol–water partition coefficient (Wildman–Crippen LogP) is 6.36. The van der Waals surface area contributed by atoms with Crippen LogP contribution < -0.4 is 0 Å². The van der Waals surface area contributed by atoms with E-state index in [1.807, 2.05) is 5.57 Å². The molecule has 166 valence electrons. The van der Waals surface area contributed by atoms with Crippen molar-refractivity contribution in [3.63, 3.8) is 0 Å². The third kappa shape index (κ3) is 3.75. The van der Waals surface area contributed by atoms with E-state index in [0.717, 1.165) is 36.5 Å². The highest BCUT2D eigenvalue weighted by atomic mass is 16.3. The molecule has 0 aromatic carbocycles. The van der Waals surface area contributed by atoms with E-state index in [1.54, 1.807) is 0 Å². The molecule has 0 saturated heterocycles. The van der Waals surface area contributed by atoms with Gasteiger partial charge in [0.1, 0.15) is 0 Å². The van der Waals surface area contributed by atoms with E-state index in [-0.39, 0.29) is 6.10 Å². The molecule has 4 aliphatic carbocycles. The summed E-state index contributed by atoms with van der Waals surface area (Å²) in [5.41, 5.74) is 2.79. The van der Waals surface area contributed by atoms with Crippen molar-refractivity contribution in [3.05, 3.63) is 11.6 Å². The van der Waals surface area contributed by atoms with Crippen molar-refractivity contribution >= 4 is 0 Å². The van der Waals surface area contributed by atoms with Crippen LogP contribution in [0.3, 0.4) is 0 Å². The van der Waals surface area contributed by atoms with Gasteiger partial charge < -0.3 is 10.2 Å². The van der Waals surface area contributed by atoms with Crippen molar-refractivity contribution in [1.82, 2.24) is 0 Å². The fourth-order valence-corrected chi connectivity index (χ4v) is 8.55. The van der Waals surface area contributed by atoms with Gasteiger partial charge in [-0.3, -0.25) is 0 Å². The first-order valence-electron chi connectivity index (χ1n) is 12.8. The van der Waals surface area contributed by atoms with Gasteiger partial charge in [0.05, 0.1) is 6.10 Å². The molecule has 0 aromatic rings. The summed E-state index contributed by atoms with van der Waals surface area (Å²) in [5.74, 6) is 4.44. The van der Waals surface area contributed by atoms with Gasteiger partial charge in [-0.2, -0.15) is 0 Å². The Kier molecular flexibility index (Phi) is 6.26. The topological polar surface area (TPSA) is 40.5 Å². The van der Waals surface area contributed by atoms with E-state index < -0.39 is 0 Å². The maximum absolute atomic E-state index is 10.2. The van der Waals surface area contributed by atoms with Crippen LogP contribution in [0.25, 0.3) is 0 Å². The number of hydrogen-bond donors (Lipinski definition) is 2. The summed E-state index contributed by atoms with van der Waals surface area (Å²) in [6, 6.07) is 0. The molecular formula is C27H46O2. The van der Waals surface area contributed by atoms with Crippen LogP contribution in [0.1, 0.15) is 98.3 Å². The summed E-state index contributed by atoms with van der Waals surface area (Å²) in [6.45, 7) is 10.2. The SMILES string of the molecule is CC(CO)CCC[C@@H](C)C1CCC2C3=CC[C@H]4C[C@@H](O)CC[C@]4(C)C3CC[C@@]21C. The lowest BCUT2D eigenvalue weighted by Crippen LogP contribution is -2.49. The van der Waals surface area contributed by atoms with Gasteiger partial charge in [-0.1, -0.05) is 52.2 Å². The average Bonchev–Trinajstić information content (AvgIpc) is 3.05. The van der Waals surface area contributed by atoms with Gasteiger partial charge in [-0.15, -0.1) is 0 Å². The Balaban J connectivity index is 1.47. The molecule has 0 radical (unpaired) electrons. The van der Waals surface area contributed by atoms with Gasteiger partial charge >= 0.3 is 0 Å². The van der Waals surface area contributed by atoms with E-state index in [2.05, 4.69) is 33.8 Å². The Morgan fingerprint density at radius 3 is 2.48 bits per heavy atom. The van der Waals surface area contributed by atoms with Crippen molar-refractivity contribution in [1.29, 1.82) is 0 Å². The van der Waals surface area contributed by atoms with Gasteiger partial charge in [0.15, 0.2) is 0 Å². The lowest BCUT2D eigenvalue weighted by atomic mass is 9.47. The molecule has 4 aliphatic rings. The molecule has 9 atom stereocenters. The van der Waals surface area contributed by atoms with Crippen molar-refractivity contribution in [2.24, 2.45) is 46.3 Å². The van der Waals surface area contributed by atoms with Crippen LogP contribution in [0.15, 0.2) is 11.6 Å². The summed E-state index contributed by atoms with van der Waals surface area (Å²) in [5, 5.41) is 19.5. The summed E-state index contributed by atoms with van der Waals surface area (Å²) in [6.07, 6.45) is 16.5. The molecule has 2 nitrogen and oxygen atoms in total. The first kappa shape index (κ1) is 21.9. The number of fused-ring (bicyclic) bond motifs is 5. The van der Waals surface area contributed by atoms with Crippen LogP contribution in [-0.4, -0.2) is 22.9 Å². The quantitative estimate of drug-likeness (QED) is 0.507. The molecule has 0 aromatic heterocycles. The Labute approximate surface area is 179 Å². The summed E-state index contributed by atoms with van der Waals surface area (Å²) >= 11 is 0. The minimum Gasteiger partial charge on any atom is -0.396 e. The standard InChI is InChI=1S/C27H46O2/c1-18(17-28)6-5-7-19(2)23-10-11-24-22-9-8-20-16-21(29)12-14-26(20,3)25(22)13-15-27(23,24)4/h9,18-21,23-25,28-29H,5-8,10-17H2,1-4H3/t18?,19-,20+,21+,23?,24?,25?,26+,27-/m1/s1. The molecule has 29 heavy (non-hydrogen) atoms. The monoisotopic (exact) mass is 402 g/mol. The minimum atomic E-state index is -0.0536. The molecule has 0 bridgehead atoms. The average molecular weight is 403 g/mol. The molecular weight excluding hydrogens is 356 g/mol. The smallest absolute Gasteiger partial charge is 0.0543 e. The normalized spacial score (nSPS) is 46.3. The van der Waals surface area contributed by atoms with Crippen LogP contribution in [-0.2, 0) is 0 Å². The Morgan fingerprint density at radius 1 is 1.00 bits per heavy atom. The fourth-order valence-electron chi connectivity index (χ4n) is 8.55. The van der Waals surface area contributed by atoms with Crippen molar-refractivity contribution in [3.8, 4) is 0 Å². The second-order valence-corrected chi connectivity index (χ2v) is 12.1. The molecule has 4 rings (SSSR count). The second-order valence-electron chi connectivity index (χ2n) is 12.1. The molecule has 2 N–H and O–H groups in total. The highest BCUT2D eigenvalue weighted by molar-refractivity contribution is 5.27. The Hall–Kier alpha value is -0.340. The summed E-state index contributed by atoms with van der Waals surface area (Å²) in [7, 11) is 0. The van der Waals surface area contributed by atoms with E-state index in [0.29, 0.717) is 29.3 Å². The van der Waals surface area contributed by atoms with Crippen LogP contribution in [0, 0.1) is 46.3 Å². The highest BCUT2D eigenvalue weighted by Crippen LogP contribution is 2.66. The largest absolute Gasteiger partial charge is 0.396 e. The molecule has 2 heteroatoms. The van der Waals surface area contributed by atoms with E-state index in [9.17, 15) is 10.2 Å². The number of rotatable bonds is 6. The molecule has 0 amide bonds. The lowest BCUT2D eigenvalue weighted by Gasteiger charge is -2.57. The van der Waals surface area contributed by atoms with Gasteiger partial charge in [0, 0.05) is 6.61 Å². The zero-order chi connectivity index (χ0) is 20.8. The van der Waals surface area contributed by atoms with E-state index in [1.165, 1.54) is 57.8 Å². The molecule has 4 unspecified atom stereocenters. The van der Waals surface area contributed by atoms with Crippen molar-refractivity contribution in [2.75, 3.05) is 6.61 Å². The third-order valence-corrected chi connectivity index (χ3v) is 10.5. The number of allylic oxidation sites excluding steroid dienone is 2. The lowest BCUT2D eigenvalue weighted by molar-refractivity contribution is -0.0427. The number of aliphatic hydroxyl groups is 2. The molecule has 3 saturated carbocycles. The van der Waals surface area contributed by atoms with E-state index in [4.69, 9.17) is 0 Å². The first-order valence-corrected chi connectivity index (χ1v) is 12.8. The maximum atomic E-state index is 10.2.